The molecule has 5 heterocycles. The van der Waals surface area contributed by atoms with Crippen LogP contribution in [0.3, 0.4) is 0 Å². The number of rotatable bonds is 0. The van der Waals surface area contributed by atoms with Gasteiger partial charge < -0.3 is 0 Å². The molecule has 24 unspecified atom stereocenters. The van der Waals surface area contributed by atoms with Gasteiger partial charge in [0.2, 0.25) is 0 Å². The minimum absolute atomic E-state index is 0.0237. The van der Waals surface area contributed by atoms with Crippen molar-refractivity contribution < 1.29 is 0 Å². The van der Waals surface area contributed by atoms with Gasteiger partial charge in [-0.05, 0) is 0 Å². The maximum atomic E-state index is 4.26. The molecule has 320 valence electrons. The van der Waals surface area contributed by atoms with Crippen molar-refractivity contribution in [1.29, 1.82) is 0 Å². The lowest BCUT2D eigenvalue weighted by atomic mass is 9.76. The molecule has 8 nitrogen and oxygen atoms in total. The van der Waals surface area contributed by atoms with Crippen molar-refractivity contribution in [2.75, 3.05) is 0 Å². The Balaban J connectivity index is 1.15. The molecule has 0 aromatic carbocycles. The van der Waals surface area contributed by atoms with Crippen LogP contribution in [0.25, 0.3) is 0 Å². The molecule has 4 saturated carbocycles. The summed E-state index contributed by atoms with van der Waals surface area (Å²) in [7, 11) is 0. The maximum Gasteiger partial charge on any atom is 0.0640 e. The van der Waals surface area contributed by atoms with E-state index in [-0.39, 0.29) is 174 Å². The van der Waals surface area contributed by atoms with Crippen LogP contribution >= 0.6 is 255 Å². The molecular weight excluding hydrogens is 1770 g/mol. The third-order valence-corrected chi connectivity index (χ3v) is 41.4. The van der Waals surface area contributed by atoms with E-state index in [4.69, 9.17) is 0 Å². The topological polar surface area (TPSA) is 96.2 Å². The predicted molar refractivity (Wildman–Crippen MR) is 287 cm³/mol. The molecule has 5 saturated heterocycles. The number of alkyl halides is 16. The van der Waals surface area contributed by atoms with Crippen molar-refractivity contribution in [3.05, 3.63) is 0 Å². The van der Waals surface area contributed by atoms with Crippen LogP contribution in [0.15, 0.2) is 0 Å². The summed E-state index contributed by atoms with van der Waals surface area (Å²) in [6.07, 6.45) is 0.189. The highest BCUT2D eigenvalue weighted by Crippen LogP contribution is 2.56. The lowest BCUT2D eigenvalue weighted by Gasteiger charge is -2.47. The monoisotopic (exact) mass is 1800 g/mol. The summed E-state index contributed by atoms with van der Waals surface area (Å²) in [4.78, 5) is 3.67. The average Bonchev–Trinajstić information content (AvgIpc) is 3.92. The van der Waals surface area contributed by atoms with Crippen LogP contribution in [0.4, 0.5) is 0 Å². The van der Waals surface area contributed by atoms with E-state index in [1.165, 1.54) is 0 Å². The van der Waals surface area contributed by atoms with E-state index in [9.17, 15) is 0 Å². The quantitative estimate of drug-likeness (QED) is 0.115. The van der Waals surface area contributed by atoms with Crippen LogP contribution in [0, 0.1) is 47.3 Å². The van der Waals surface area contributed by atoms with Crippen molar-refractivity contribution in [2.45, 2.75) is 127 Å². The molecule has 9 rings (SSSR count). The molecule has 9 aliphatic rings. The van der Waals surface area contributed by atoms with Gasteiger partial charge in [0.1, 0.15) is 0 Å². The minimum Gasteiger partial charge on any atom is -0.286 e. The zero-order valence-electron chi connectivity index (χ0n) is 28.5. The lowest BCUT2D eigenvalue weighted by molar-refractivity contribution is 0.196. The van der Waals surface area contributed by atoms with E-state index < -0.39 is 0 Å². The molecule has 0 amide bonds. The van der Waals surface area contributed by atoms with Gasteiger partial charge in [0.25, 0.3) is 0 Å². The Bertz CT molecular complexity index is 1170. The highest BCUT2D eigenvalue weighted by molar-refractivity contribution is 9.16. The standard InChI is InChI=1S/C32H40Br16N8/c33-9-1-2(10(34)18(42)17(9)41)26-49-25(1)53-27-3-4(12(36)20(44)19(43)11(3)35)29(50-27)55-31-7-8(16(40)24(48)23(47)15(7)39)32(52-31)56-30-6-5(28(51-30)54-26)13(37)21(45)22(46)14(6)38/h1-32,49-56H. The molecule has 24 atom stereocenters. The first kappa shape index (κ1) is 48.4. The molecule has 56 heavy (non-hydrogen) atoms. The summed E-state index contributed by atoms with van der Waals surface area (Å²) in [5.74, 6) is 2.18. The van der Waals surface area contributed by atoms with Crippen molar-refractivity contribution >= 4 is 255 Å². The molecule has 0 aromatic rings. The van der Waals surface area contributed by atoms with Crippen molar-refractivity contribution in [3.63, 3.8) is 0 Å². The smallest absolute Gasteiger partial charge is 0.0640 e. The van der Waals surface area contributed by atoms with Crippen LogP contribution in [0.2, 0.25) is 0 Å². The van der Waals surface area contributed by atoms with Gasteiger partial charge in [-0.2, -0.15) is 0 Å². The summed E-state index contributed by atoms with van der Waals surface area (Å²) in [5.41, 5.74) is 0. The van der Waals surface area contributed by atoms with Crippen LogP contribution in [-0.4, -0.2) is 127 Å². The Morgan fingerprint density at radius 2 is 0.232 bits per heavy atom. The number of hydrogen-bond acceptors (Lipinski definition) is 8. The third-order valence-electron chi connectivity index (χ3n) is 14.3. The lowest BCUT2D eigenvalue weighted by Crippen LogP contribution is -2.62. The van der Waals surface area contributed by atoms with Gasteiger partial charge in [0.15, 0.2) is 0 Å². The van der Waals surface area contributed by atoms with Gasteiger partial charge >= 0.3 is 0 Å². The van der Waals surface area contributed by atoms with E-state index >= 15 is 0 Å². The Labute approximate surface area is 463 Å². The molecule has 0 aromatic heterocycles. The molecule has 0 spiro atoms. The van der Waals surface area contributed by atoms with E-state index in [2.05, 4.69) is 297 Å². The van der Waals surface area contributed by atoms with Crippen molar-refractivity contribution in [3.8, 4) is 0 Å². The number of hydrogen-bond donors (Lipinski definition) is 8. The molecule has 8 bridgehead atoms. The van der Waals surface area contributed by atoms with Crippen LogP contribution in [0.5, 0.6) is 0 Å². The second-order valence-electron chi connectivity index (χ2n) is 16.9. The molecule has 0 radical (unpaired) electrons. The largest absolute Gasteiger partial charge is 0.286 e. The van der Waals surface area contributed by atoms with Gasteiger partial charge in [0, 0.05) is 125 Å². The molecule has 9 fully saturated rings. The predicted octanol–water partition coefficient (Wildman–Crippen LogP) is 8.58. The normalized spacial score (nSPS) is 66.0. The summed E-state index contributed by atoms with van der Waals surface area (Å²) in [5, 5.41) is 33.7. The third kappa shape index (κ3) is 7.98. The van der Waals surface area contributed by atoms with Gasteiger partial charge in [-0.3, -0.25) is 42.5 Å². The molecule has 4 aliphatic carbocycles. The Hall–Kier alpha value is 7.36. The highest BCUT2D eigenvalue weighted by Gasteiger charge is 2.65. The molecule has 5 aliphatic heterocycles. The van der Waals surface area contributed by atoms with Gasteiger partial charge in [-0.25, -0.2) is 0 Å². The SMILES string of the molecule is BrC1C(Br)C(Br)C2C3NC(NC4NC(NC5NC(NC6NC(N3)C3C(Br)C(Br)C(Br)C(Br)C63)C3C(Br)C(Br)C(Br)C(Br)C53)C3C(Br)C(Br)C(Br)C(Br)C43)C2C1Br. The first-order valence-corrected chi connectivity index (χ1v) is 33.4. The fourth-order valence-corrected chi connectivity index (χ4v) is 28.4. The second-order valence-corrected chi connectivity index (χ2v) is 33.8. The second kappa shape index (κ2) is 18.9. The number of fused-ring (bicyclic) bond motifs is 20. The molecule has 24 heteroatoms. The minimum atomic E-state index is 0.0237. The first-order valence-electron chi connectivity index (χ1n) is 18.8. The van der Waals surface area contributed by atoms with Crippen molar-refractivity contribution in [2.24, 2.45) is 47.3 Å². The first-order chi connectivity index (χ1) is 26.4. The van der Waals surface area contributed by atoms with E-state index in [0.717, 1.165) is 0 Å². The van der Waals surface area contributed by atoms with E-state index in [0.29, 0.717) is 0 Å². The van der Waals surface area contributed by atoms with E-state index in [1.54, 1.807) is 0 Å². The Kier molecular flexibility index (Phi) is 16.4. The Morgan fingerprint density at radius 3 is 0.321 bits per heavy atom. The van der Waals surface area contributed by atoms with Crippen molar-refractivity contribution in [1.82, 2.24) is 42.5 Å². The fraction of sp³-hybridized carbons (Fsp3) is 1.00. The highest BCUT2D eigenvalue weighted by atomic mass is 79.9. The average molecular weight is 1820 g/mol. The Morgan fingerprint density at radius 1 is 0.143 bits per heavy atom. The fourth-order valence-electron chi connectivity index (χ4n) is 11.8. The van der Waals surface area contributed by atoms with E-state index in [1.807, 2.05) is 0 Å². The number of nitrogens with one attached hydrogen (secondary N) is 8. The molecular formula is C32H40Br16N8. The van der Waals surface area contributed by atoms with Gasteiger partial charge in [-0.1, -0.05) is 255 Å². The summed E-state index contributed by atoms with van der Waals surface area (Å²) in [6.45, 7) is 0. The van der Waals surface area contributed by atoms with Crippen LogP contribution in [-0.2, 0) is 0 Å². The van der Waals surface area contributed by atoms with Crippen LogP contribution < -0.4 is 42.5 Å². The zero-order valence-corrected chi connectivity index (χ0v) is 53.9. The summed E-state index contributed by atoms with van der Waals surface area (Å²) < 4.78 is 0. The van der Waals surface area contributed by atoms with Gasteiger partial charge in [0.05, 0.1) is 49.3 Å². The van der Waals surface area contributed by atoms with Gasteiger partial charge in [-0.15, -0.1) is 0 Å². The summed E-state index contributed by atoms with van der Waals surface area (Å²) >= 11 is 66.9. The molecule has 8 N–H and O–H groups in total. The summed E-state index contributed by atoms with van der Waals surface area (Å²) in [6, 6.07) is 0. The zero-order chi connectivity index (χ0) is 40.1. The maximum absolute atomic E-state index is 4.26. The number of halogens is 16. The van der Waals surface area contributed by atoms with Crippen LogP contribution in [0.1, 0.15) is 0 Å².